The van der Waals surface area contributed by atoms with Gasteiger partial charge in [0.2, 0.25) is 0 Å². The summed E-state index contributed by atoms with van der Waals surface area (Å²) in [5, 5.41) is 7.42. The molecule has 0 bridgehead atoms. The van der Waals surface area contributed by atoms with Crippen LogP contribution in [0, 0.1) is 0 Å². The van der Waals surface area contributed by atoms with Gasteiger partial charge in [0.25, 0.3) is 13.4 Å². The predicted molar refractivity (Wildman–Crippen MR) is 418 cm³/mol. The summed E-state index contributed by atoms with van der Waals surface area (Å²) in [5.74, 6) is 0. The van der Waals surface area contributed by atoms with Crippen molar-refractivity contribution in [2.45, 2.75) is 0 Å². The van der Waals surface area contributed by atoms with Gasteiger partial charge in [-0.15, -0.1) is 0 Å². The van der Waals surface area contributed by atoms with Gasteiger partial charge in [0.15, 0.2) is 0 Å². The average molecular weight is 1260 g/mol. The zero-order chi connectivity index (χ0) is 64.6. The molecule has 0 fully saturated rings. The van der Waals surface area contributed by atoms with Crippen LogP contribution in [0.15, 0.2) is 346 Å². The fourth-order valence-electron chi connectivity index (χ4n) is 17.8. The third-order valence-corrected chi connectivity index (χ3v) is 21.6. The molecule has 15 aromatic carbocycles. The van der Waals surface area contributed by atoms with Crippen LogP contribution in [0.4, 0.5) is 68.2 Å². The van der Waals surface area contributed by atoms with Crippen molar-refractivity contribution < 1.29 is 0 Å². The maximum atomic E-state index is 2.61. The highest BCUT2D eigenvalue weighted by Crippen LogP contribution is 2.51. The Kier molecular flexibility index (Phi) is 11.4. The zero-order valence-corrected chi connectivity index (χ0v) is 53.7. The van der Waals surface area contributed by atoms with Crippen molar-refractivity contribution in [1.82, 2.24) is 13.7 Å². The Hall–Kier alpha value is -13.0. The number of fused-ring (bicyclic) bond motifs is 17. The van der Waals surface area contributed by atoms with Crippen LogP contribution in [0.5, 0.6) is 0 Å². The maximum Gasteiger partial charge on any atom is 0.252 e. The molecule has 4 aliphatic heterocycles. The van der Waals surface area contributed by atoms with E-state index in [4.69, 9.17) is 0 Å². The van der Waals surface area contributed by atoms with Gasteiger partial charge < -0.3 is 33.3 Å². The lowest BCUT2D eigenvalue weighted by molar-refractivity contribution is 1.16. The minimum atomic E-state index is -0.139. The molecular formula is C90H57B2N7. The number of anilines is 12. The second-order valence-corrected chi connectivity index (χ2v) is 26.7. The highest BCUT2D eigenvalue weighted by Gasteiger charge is 2.46. The van der Waals surface area contributed by atoms with Crippen LogP contribution in [0.25, 0.3) is 82.5 Å². The molecule has 0 amide bonds. The third kappa shape index (κ3) is 7.64. The lowest BCUT2D eigenvalue weighted by Crippen LogP contribution is -2.60. The SMILES string of the molecule is c1ccc(N(c2ccccc2)c2cc3c4c(c2)-n2c5ccccc5c5cccc(c52)B4c2cc4c5cc6c(cc5n(-c5ccccc5)c4cc2N3c2ccccc2)N(c2ccccc2)c2cc(N(c3ccccc3)c3ccccc3)cc3c2B6c2cccc4c5ccccc5n-3c24)cc1. The van der Waals surface area contributed by atoms with Crippen LogP contribution < -0.4 is 52.4 Å². The van der Waals surface area contributed by atoms with Gasteiger partial charge in [-0.05, 0) is 166 Å². The normalized spacial score (nSPS) is 13.0. The topological polar surface area (TPSA) is 27.8 Å². The Morgan fingerprint density at radius 1 is 0.202 bits per heavy atom. The van der Waals surface area contributed by atoms with Crippen LogP contribution in [0.3, 0.4) is 0 Å². The molecule has 4 aliphatic rings. The molecule has 0 saturated carbocycles. The summed E-state index contributed by atoms with van der Waals surface area (Å²) in [6.45, 7) is -0.278. The van der Waals surface area contributed by atoms with Gasteiger partial charge in [-0.1, -0.05) is 212 Å². The molecule has 458 valence electrons. The van der Waals surface area contributed by atoms with Gasteiger partial charge in [0.1, 0.15) is 0 Å². The lowest BCUT2D eigenvalue weighted by Gasteiger charge is -2.41. The molecular weight excluding hydrogens is 1200 g/mol. The maximum absolute atomic E-state index is 2.61. The highest BCUT2D eigenvalue weighted by molar-refractivity contribution is 7.01. The van der Waals surface area contributed by atoms with Gasteiger partial charge >= 0.3 is 0 Å². The summed E-state index contributed by atoms with van der Waals surface area (Å²) in [6, 6.07) is 129. The first kappa shape index (κ1) is 54.3. The number of rotatable bonds is 9. The van der Waals surface area contributed by atoms with E-state index in [9.17, 15) is 0 Å². The van der Waals surface area contributed by atoms with E-state index < -0.39 is 0 Å². The smallest absolute Gasteiger partial charge is 0.252 e. The van der Waals surface area contributed by atoms with Crippen molar-refractivity contribution in [1.29, 1.82) is 0 Å². The van der Waals surface area contributed by atoms with E-state index >= 15 is 0 Å². The number of nitrogens with zero attached hydrogens (tertiary/aromatic N) is 7. The molecule has 0 N–H and O–H groups in total. The Labute approximate surface area is 572 Å². The summed E-state index contributed by atoms with van der Waals surface area (Å²) >= 11 is 0. The van der Waals surface area contributed by atoms with Crippen molar-refractivity contribution in [3.63, 3.8) is 0 Å². The first-order valence-corrected chi connectivity index (χ1v) is 34.3. The van der Waals surface area contributed by atoms with E-state index in [-0.39, 0.29) is 13.4 Å². The summed E-state index contributed by atoms with van der Waals surface area (Å²) in [7, 11) is 0. The van der Waals surface area contributed by atoms with Crippen LogP contribution >= 0.6 is 0 Å². The standard InChI is InChI=1S/C90H57B2N7/c1-8-28-58(29-9-1)93(59-30-10-2-11-31-59)65-50-83-87-85(52-65)98-77-48-24-22-42-67(77)69-44-26-46-73(89(69)98)91(87)75-54-71-72-55-76-82(57-80(72)95(62-36-16-5-17-37-62)79(71)56-81(75)96(83)63-38-18-6-19-39-63)97(64-40-20-7-21-41-64)84-51-66(94(60-32-12-3-13-33-60)61-34-14-4-15-35-61)53-86-88(84)92(76)74-47-27-45-70-68-43-23-25-49-78(68)99(86)90(70)74/h1-57H. The molecule has 18 aromatic rings. The summed E-state index contributed by atoms with van der Waals surface area (Å²) < 4.78 is 7.74. The number of benzene rings is 15. The second-order valence-electron chi connectivity index (χ2n) is 26.7. The van der Waals surface area contributed by atoms with Crippen molar-refractivity contribution in [2.75, 3.05) is 19.6 Å². The molecule has 0 aliphatic carbocycles. The largest absolute Gasteiger partial charge is 0.311 e. The minimum absolute atomic E-state index is 0.139. The van der Waals surface area contributed by atoms with Gasteiger partial charge in [0, 0.05) is 117 Å². The Morgan fingerprint density at radius 3 is 0.909 bits per heavy atom. The molecule has 9 heteroatoms. The fraction of sp³-hybridized carbons (Fsp3) is 0. The monoisotopic (exact) mass is 1260 g/mol. The average Bonchev–Trinajstić information content (AvgIpc) is 1.66. The van der Waals surface area contributed by atoms with Crippen LogP contribution in [0.2, 0.25) is 0 Å². The molecule has 0 saturated heterocycles. The van der Waals surface area contributed by atoms with E-state index in [1.54, 1.807) is 0 Å². The van der Waals surface area contributed by atoms with E-state index in [2.05, 4.69) is 379 Å². The number of hydrogen-bond donors (Lipinski definition) is 0. The molecule has 7 heterocycles. The Bertz CT molecular complexity index is 5930. The molecule has 99 heavy (non-hydrogen) atoms. The first-order chi connectivity index (χ1) is 49.2. The van der Waals surface area contributed by atoms with Crippen molar-refractivity contribution in [2.24, 2.45) is 0 Å². The zero-order valence-electron chi connectivity index (χ0n) is 53.7. The summed E-state index contributed by atoms with van der Waals surface area (Å²) in [4.78, 5) is 10.0. The van der Waals surface area contributed by atoms with Gasteiger partial charge in [-0.25, -0.2) is 0 Å². The Morgan fingerprint density at radius 2 is 0.525 bits per heavy atom. The molecule has 0 atom stereocenters. The minimum Gasteiger partial charge on any atom is -0.311 e. The van der Waals surface area contributed by atoms with Crippen LogP contribution in [0.1, 0.15) is 0 Å². The molecule has 0 radical (unpaired) electrons. The first-order valence-electron chi connectivity index (χ1n) is 34.3. The van der Waals surface area contributed by atoms with E-state index in [0.717, 1.165) is 85.0 Å². The van der Waals surface area contributed by atoms with Gasteiger partial charge in [-0.2, -0.15) is 0 Å². The van der Waals surface area contributed by atoms with E-state index in [1.165, 1.54) is 98.5 Å². The van der Waals surface area contributed by atoms with Gasteiger partial charge in [0.05, 0.1) is 33.4 Å². The number of para-hydroxylation sites is 11. The third-order valence-electron chi connectivity index (χ3n) is 21.6. The number of hydrogen-bond acceptors (Lipinski definition) is 4. The van der Waals surface area contributed by atoms with E-state index in [0.29, 0.717) is 0 Å². The van der Waals surface area contributed by atoms with Crippen molar-refractivity contribution in [3.8, 4) is 17.1 Å². The summed E-state index contributed by atoms with van der Waals surface area (Å²) in [5.41, 5.74) is 31.6. The van der Waals surface area contributed by atoms with E-state index in [1.807, 2.05) is 0 Å². The van der Waals surface area contributed by atoms with Crippen LogP contribution in [-0.2, 0) is 0 Å². The molecule has 3 aromatic heterocycles. The highest BCUT2D eigenvalue weighted by atomic mass is 15.2. The second kappa shape index (κ2) is 20.8. The molecule has 22 rings (SSSR count). The lowest BCUT2D eigenvalue weighted by atomic mass is 9.33. The van der Waals surface area contributed by atoms with Gasteiger partial charge in [-0.3, -0.25) is 0 Å². The summed E-state index contributed by atoms with van der Waals surface area (Å²) in [6.07, 6.45) is 0. The molecule has 0 spiro atoms. The predicted octanol–water partition coefficient (Wildman–Crippen LogP) is 19.1. The van der Waals surface area contributed by atoms with Crippen molar-refractivity contribution in [3.05, 3.63) is 346 Å². The van der Waals surface area contributed by atoms with Crippen LogP contribution in [-0.4, -0.2) is 27.1 Å². The molecule has 7 nitrogen and oxygen atoms in total. The fourth-order valence-corrected chi connectivity index (χ4v) is 17.8. The van der Waals surface area contributed by atoms with Crippen molar-refractivity contribution >= 4 is 180 Å². The number of aromatic nitrogens is 3. The quantitative estimate of drug-likeness (QED) is 0.135. The Balaban J connectivity index is 0.871. The molecule has 0 unspecified atom stereocenters.